The molecule has 0 fully saturated rings. The molecule has 0 saturated carbocycles. The maximum atomic E-state index is 3.50. The lowest BCUT2D eigenvalue weighted by molar-refractivity contribution is -0.362. The molecule has 0 aliphatic heterocycles. The SMILES string of the molecule is c1ccc2c(c1)ccc1c(-c3ccc(-c4cccc5c4sc4ccccc45)cc3)[nH+]ccc12. The zero-order valence-corrected chi connectivity index (χ0v) is 18.7. The first-order valence-electron chi connectivity index (χ1n) is 11.2. The molecule has 1 N–H and O–H groups in total. The quantitative estimate of drug-likeness (QED) is 0.240. The van der Waals surface area contributed by atoms with Gasteiger partial charge in [-0.15, -0.1) is 11.3 Å². The van der Waals surface area contributed by atoms with Gasteiger partial charge in [-0.1, -0.05) is 78.9 Å². The van der Waals surface area contributed by atoms with E-state index < -0.39 is 0 Å². The summed E-state index contributed by atoms with van der Waals surface area (Å²) in [5.74, 6) is 0. The van der Waals surface area contributed by atoms with Crippen molar-refractivity contribution in [2.24, 2.45) is 0 Å². The van der Waals surface area contributed by atoms with Crippen molar-refractivity contribution in [3.8, 4) is 22.4 Å². The Morgan fingerprint density at radius 1 is 0.485 bits per heavy atom. The molecular weight excluding hydrogens is 418 g/mol. The minimum absolute atomic E-state index is 1.16. The number of aromatic nitrogens is 1. The molecule has 2 aromatic heterocycles. The van der Waals surface area contributed by atoms with Gasteiger partial charge in [0.15, 0.2) is 6.20 Å². The normalized spacial score (nSPS) is 11.6. The van der Waals surface area contributed by atoms with Crippen LogP contribution >= 0.6 is 11.3 Å². The zero-order valence-electron chi connectivity index (χ0n) is 17.9. The number of nitrogens with one attached hydrogen (secondary N) is 1. The summed E-state index contributed by atoms with van der Waals surface area (Å²) in [6, 6.07) is 39.5. The van der Waals surface area contributed by atoms with Gasteiger partial charge in [-0.05, 0) is 46.2 Å². The molecule has 0 amide bonds. The van der Waals surface area contributed by atoms with Gasteiger partial charge < -0.3 is 0 Å². The molecule has 0 aliphatic carbocycles. The number of pyridine rings is 1. The van der Waals surface area contributed by atoms with E-state index in [1.54, 1.807) is 0 Å². The van der Waals surface area contributed by atoms with Crippen molar-refractivity contribution in [3.05, 3.63) is 115 Å². The largest absolute Gasteiger partial charge is 0.218 e. The van der Waals surface area contributed by atoms with Crippen LogP contribution in [0.2, 0.25) is 0 Å². The maximum Gasteiger partial charge on any atom is 0.218 e. The number of hydrogen-bond donors (Lipinski definition) is 0. The fourth-order valence-electron chi connectivity index (χ4n) is 5.01. The van der Waals surface area contributed by atoms with Gasteiger partial charge in [-0.25, -0.2) is 4.98 Å². The van der Waals surface area contributed by atoms with E-state index in [9.17, 15) is 0 Å². The summed E-state index contributed by atoms with van der Waals surface area (Å²) >= 11 is 1.88. The van der Waals surface area contributed by atoms with Gasteiger partial charge in [0.2, 0.25) is 5.69 Å². The number of hydrogen-bond acceptors (Lipinski definition) is 1. The molecular formula is C31H20NS+. The average Bonchev–Trinajstić information content (AvgIpc) is 3.27. The monoisotopic (exact) mass is 438 g/mol. The third-order valence-corrected chi connectivity index (χ3v) is 7.83. The van der Waals surface area contributed by atoms with E-state index in [2.05, 4.69) is 120 Å². The third-order valence-electron chi connectivity index (χ3n) is 6.61. The Balaban J connectivity index is 1.37. The Kier molecular flexibility index (Phi) is 4.08. The van der Waals surface area contributed by atoms with Crippen LogP contribution in [-0.2, 0) is 0 Å². The molecule has 0 unspecified atom stereocenters. The van der Waals surface area contributed by atoms with Gasteiger partial charge in [0.1, 0.15) is 0 Å². The second-order valence-corrected chi connectivity index (χ2v) is 9.51. The van der Waals surface area contributed by atoms with Crippen LogP contribution in [-0.4, -0.2) is 0 Å². The Bertz CT molecular complexity index is 1810. The third kappa shape index (κ3) is 2.88. The van der Waals surface area contributed by atoms with Gasteiger partial charge in [0, 0.05) is 37.2 Å². The van der Waals surface area contributed by atoms with Crippen molar-refractivity contribution in [1.82, 2.24) is 0 Å². The Morgan fingerprint density at radius 3 is 2.15 bits per heavy atom. The molecule has 0 aliphatic rings. The van der Waals surface area contributed by atoms with Crippen molar-refractivity contribution < 1.29 is 4.98 Å². The number of rotatable bonds is 2. The molecule has 0 atom stereocenters. The number of benzene rings is 5. The van der Waals surface area contributed by atoms with E-state index in [1.807, 2.05) is 11.3 Å². The summed E-state index contributed by atoms with van der Waals surface area (Å²) < 4.78 is 2.70. The first kappa shape index (κ1) is 18.6. The second-order valence-electron chi connectivity index (χ2n) is 8.46. The summed E-state index contributed by atoms with van der Waals surface area (Å²) in [4.78, 5) is 3.50. The van der Waals surface area contributed by atoms with E-state index >= 15 is 0 Å². The highest BCUT2D eigenvalue weighted by Gasteiger charge is 2.14. The molecule has 7 aromatic rings. The molecule has 0 bridgehead atoms. The Morgan fingerprint density at radius 2 is 1.24 bits per heavy atom. The lowest BCUT2D eigenvalue weighted by Crippen LogP contribution is -2.06. The highest BCUT2D eigenvalue weighted by Crippen LogP contribution is 2.40. The fraction of sp³-hybridized carbons (Fsp3) is 0. The number of fused-ring (bicyclic) bond motifs is 6. The number of aromatic amines is 1. The molecule has 5 aromatic carbocycles. The fourth-order valence-corrected chi connectivity index (χ4v) is 6.25. The smallest absolute Gasteiger partial charge is 0.211 e. The van der Waals surface area contributed by atoms with E-state index in [0.29, 0.717) is 0 Å². The summed E-state index contributed by atoms with van der Waals surface area (Å²) in [7, 11) is 0. The predicted molar refractivity (Wildman–Crippen MR) is 142 cm³/mol. The highest BCUT2D eigenvalue weighted by atomic mass is 32.1. The van der Waals surface area contributed by atoms with Crippen LogP contribution in [0.25, 0.3) is 64.1 Å². The number of thiophene rings is 1. The minimum Gasteiger partial charge on any atom is -0.211 e. The van der Waals surface area contributed by atoms with Crippen LogP contribution in [0, 0.1) is 0 Å². The molecule has 0 spiro atoms. The van der Waals surface area contributed by atoms with Crippen molar-refractivity contribution in [2.45, 2.75) is 0 Å². The van der Waals surface area contributed by atoms with Crippen molar-refractivity contribution in [1.29, 1.82) is 0 Å². The standard InChI is InChI=1S/C31H19NS/c1-2-7-23-20(6-1)16-17-27-25(23)18-19-32-30(27)22-14-12-21(13-15-22)24-9-5-10-28-26-8-3-4-11-29(26)33-31(24)28/h1-19H/p+1. The Hall–Kier alpha value is -4.01. The van der Waals surface area contributed by atoms with Crippen LogP contribution in [0.3, 0.4) is 0 Å². The van der Waals surface area contributed by atoms with Crippen LogP contribution in [0.1, 0.15) is 0 Å². The van der Waals surface area contributed by atoms with Crippen LogP contribution in [0.5, 0.6) is 0 Å². The summed E-state index contributed by atoms with van der Waals surface area (Å²) in [5, 5.41) is 7.77. The van der Waals surface area contributed by atoms with Gasteiger partial charge in [-0.3, -0.25) is 0 Å². The lowest BCUT2D eigenvalue weighted by Gasteiger charge is -2.07. The molecule has 2 heteroatoms. The first-order chi connectivity index (χ1) is 16.4. The summed E-state index contributed by atoms with van der Waals surface area (Å²) in [5.41, 5.74) is 4.91. The average molecular weight is 439 g/mol. The molecule has 1 nitrogen and oxygen atoms in total. The van der Waals surface area contributed by atoms with Gasteiger partial charge in [-0.2, -0.15) is 0 Å². The van der Waals surface area contributed by atoms with Crippen LogP contribution in [0.15, 0.2) is 115 Å². The van der Waals surface area contributed by atoms with E-state index in [0.717, 1.165) is 5.69 Å². The van der Waals surface area contributed by atoms with Crippen molar-refractivity contribution in [3.63, 3.8) is 0 Å². The topological polar surface area (TPSA) is 14.1 Å². The van der Waals surface area contributed by atoms with Gasteiger partial charge >= 0.3 is 0 Å². The van der Waals surface area contributed by atoms with Crippen molar-refractivity contribution >= 4 is 53.1 Å². The van der Waals surface area contributed by atoms with Gasteiger partial charge in [0.25, 0.3) is 0 Å². The molecule has 2 heterocycles. The molecule has 154 valence electrons. The maximum absolute atomic E-state index is 3.50. The van der Waals surface area contributed by atoms with Crippen molar-refractivity contribution in [2.75, 3.05) is 0 Å². The molecule has 33 heavy (non-hydrogen) atoms. The molecule has 0 saturated heterocycles. The highest BCUT2D eigenvalue weighted by molar-refractivity contribution is 7.26. The zero-order chi connectivity index (χ0) is 21.8. The first-order valence-corrected chi connectivity index (χ1v) is 12.0. The summed E-state index contributed by atoms with van der Waals surface area (Å²) in [6.45, 7) is 0. The second kappa shape index (κ2) is 7.26. The van der Waals surface area contributed by atoms with Crippen LogP contribution < -0.4 is 4.98 Å². The molecule has 0 radical (unpaired) electrons. The van der Waals surface area contributed by atoms with Gasteiger partial charge in [0.05, 0.1) is 5.39 Å². The van der Waals surface area contributed by atoms with E-state index in [1.165, 1.54) is 58.4 Å². The van der Waals surface area contributed by atoms with Crippen LogP contribution in [0.4, 0.5) is 0 Å². The summed E-state index contributed by atoms with van der Waals surface area (Å²) in [6.07, 6.45) is 2.05. The minimum atomic E-state index is 1.16. The number of H-pyrrole nitrogens is 1. The predicted octanol–water partition coefficient (Wildman–Crippen LogP) is 8.51. The lowest BCUT2D eigenvalue weighted by atomic mass is 9.97. The van der Waals surface area contributed by atoms with E-state index in [-0.39, 0.29) is 0 Å². The molecule has 7 rings (SSSR count). The van der Waals surface area contributed by atoms with E-state index in [4.69, 9.17) is 0 Å². The Labute approximate surface area is 195 Å².